The molecule has 0 unspecified atom stereocenters. The van der Waals surface area contributed by atoms with E-state index in [2.05, 4.69) is 36.1 Å². The van der Waals surface area contributed by atoms with Crippen molar-refractivity contribution in [1.82, 2.24) is 15.1 Å². The van der Waals surface area contributed by atoms with Crippen LogP contribution in [-0.2, 0) is 0 Å². The molecule has 1 saturated heterocycles. The predicted molar refractivity (Wildman–Crippen MR) is 87.1 cm³/mol. The SMILES string of the molecule is CCN1CCC(CN(C)CC2CCC(NC)CC2)CC1. The summed E-state index contributed by atoms with van der Waals surface area (Å²) in [6.45, 7) is 8.81. The van der Waals surface area contributed by atoms with E-state index in [1.54, 1.807) is 0 Å². The fraction of sp³-hybridized carbons (Fsp3) is 1.00. The Hall–Kier alpha value is -0.120. The lowest BCUT2D eigenvalue weighted by Gasteiger charge is -2.35. The molecule has 1 aliphatic carbocycles. The molecule has 0 bridgehead atoms. The monoisotopic (exact) mass is 281 g/mol. The van der Waals surface area contributed by atoms with Gasteiger partial charge < -0.3 is 15.1 Å². The van der Waals surface area contributed by atoms with Crippen LogP contribution in [0.3, 0.4) is 0 Å². The maximum atomic E-state index is 3.43. The molecule has 1 saturated carbocycles. The summed E-state index contributed by atoms with van der Waals surface area (Å²) >= 11 is 0. The first-order valence-corrected chi connectivity index (χ1v) is 8.79. The standard InChI is InChI=1S/C17H35N3/c1-4-20-11-9-16(10-12-20)14-19(3)13-15-5-7-17(18-2)8-6-15/h15-18H,4-14H2,1-3H3. The van der Waals surface area contributed by atoms with Gasteiger partial charge in [0.2, 0.25) is 0 Å². The van der Waals surface area contributed by atoms with Gasteiger partial charge in [-0.15, -0.1) is 0 Å². The van der Waals surface area contributed by atoms with Gasteiger partial charge in [0, 0.05) is 19.1 Å². The number of nitrogens with zero attached hydrogens (tertiary/aromatic N) is 2. The van der Waals surface area contributed by atoms with Crippen molar-refractivity contribution in [3.63, 3.8) is 0 Å². The average molecular weight is 281 g/mol. The lowest BCUT2D eigenvalue weighted by molar-refractivity contribution is 0.142. The summed E-state index contributed by atoms with van der Waals surface area (Å²) in [5, 5.41) is 3.43. The van der Waals surface area contributed by atoms with Gasteiger partial charge in [-0.05, 0) is 84.1 Å². The number of hydrogen-bond acceptors (Lipinski definition) is 3. The molecule has 1 N–H and O–H groups in total. The molecule has 118 valence electrons. The molecule has 2 aliphatic rings. The average Bonchev–Trinajstić information content (AvgIpc) is 2.49. The van der Waals surface area contributed by atoms with Crippen molar-refractivity contribution in [2.45, 2.75) is 51.5 Å². The molecule has 0 amide bonds. The zero-order valence-corrected chi connectivity index (χ0v) is 13.9. The summed E-state index contributed by atoms with van der Waals surface area (Å²) in [6.07, 6.45) is 8.41. The molecule has 3 nitrogen and oxygen atoms in total. The molecular weight excluding hydrogens is 246 g/mol. The van der Waals surface area contributed by atoms with E-state index in [1.165, 1.54) is 71.2 Å². The Balaban J connectivity index is 1.62. The van der Waals surface area contributed by atoms with E-state index in [1.807, 2.05) is 0 Å². The minimum absolute atomic E-state index is 0.787. The molecule has 1 aliphatic heterocycles. The van der Waals surface area contributed by atoms with Crippen molar-refractivity contribution in [1.29, 1.82) is 0 Å². The van der Waals surface area contributed by atoms with Gasteiger partial charge in [-0.2, -0.15) is 0 Å². The molecule has 0 aromatic heterocycles. The molecule has 3 heteroatoms. The van der Waals surface area contributed by atoms with E-state index in [0.717, 1.165) is 17.9 Å². The summed E-state index contributed by atoms with van der Waals surface area (Å²) in [5.74, 6) is 1.89. The molecule has 0 aromatic carbocycles. The summed E-state index contributed by atoms with van der Waals surface area (Å²) in [7, 11) is 4.45. The highest BCUT2D eigenvalue weighted by Crippen LogP contribution is 2.25. The fourth-order valence-electron chi connectivity index (χ4n) is 4.08. The first-order valence-electron chi connectivity index (χ1n) is 8.79. The summed E-state index contributed by atoms with van der Waals surface area (Å²) in [4.78, 5) is 5.21. The second-order valence-corrected chi connectivity index (χ2v) is 7.11. The van der Waals surface area contributed by atoms with Crippen molar-refractivity contribution in [2.75, 3.05) is 46.8 Å². The van der Waals surface area contributed by atoms with Crippen molar-refractivity contribution in [2.24, 2.45) is 11.8 Å². The highest BCUT2D eigenvalue weighted by Gasteiger charge is 2.23. The van der Waals surface area contributed by atoms with Gasteiger partial charge in [0.05, 0.1) is 0 Å². The maximum absolute atomic E-state index is 3.43. The number of rotatable bonds is 6. The Kier molecular flexibility index (Phi) is 6.79. The number of hydrogen-bond donors (Lipinski definition) is 1. The summed E-state index contributed by atoms with van der Waals surface area (Å²) < 4.78 is 0. The molecule has 1 heterocycles. The minimum Gasteiger partial charge on any atom is -0.317 e. The lowest BCUT2D eigenvalue weighted by Crippen LogP contribution is -2.39. The van der Waals surface area contributed by atoms with Gasteiger partial charge in [-0.3, -0.25) is 0 Å². The van der Waals surface area contributed by atoms with E-state index in [9.17, 15) is 0 Å². The molecule has 0 spiro atoms. The van der Waals surface area contributed by atoms with E-state index < -0.39 is 0 Å². The van der Waals surface area contributed by atoms with E-state index in [0.29, 0.717) is 0 Å². The Labute approximate surface area is 126 Å². The highest BCUT2D eigenvalue weighted by atomic mass is 15.1. The number of likely N-dealkylation sites (tertiary alicyclic amines) is 1. The predicted octanol–water partition coefficient (Wildman–Crippen LogP) is 2.43. The second-order valence-electron chi connectivity index (χ2n) is 7.11. The van der Waals surface area contributed by atoms with Crippen LogP contribution in [-0.4, -0.2) is 62.7 Å². The third-order valence-corrected chi connectivity index (χ3v) is 5.55. The van der Waals surface area contributed by atoms with Crippen molar-refractivity contribution in [3.8, 4) is 0 Å². The molecule has 2 fully saturated rings. The second kappa shape index (κ2) is 8.35. The van der Waals surface area contributed by atoms with Crippen LogP contribution in [0.1, 0.15) is 45.4 Å². The third-order valence-electron chi connectivity index (χ3n) is 5.55. The molecule has 0 radical (unpaired) electrons. The highest BCUT2D eigenvalue weighted by molar-refractivity contribution is 4.79. The first kappa shape index (κ1) is 16.3. The molecule has 20 heavy (non-hydrogen) atoms. The zero-order chi connectivity index (χ0) is 14.4. The van der Waals surface area contributed by atoms with Gasteiger partial charge in [0.1, 0.15) is 0 Å². The molecule has 0 aromatic rings. The third kappa shape index (κ3) is 5.01. The largest absolute Gasteiger partial charge is 0.317 e. The van der Waals surface area contributed by atoms with Crippen molar-refractivity contribution >= 4 is 0 Å². The topological polar surface area (TPSA) is 18.5 Å². The summed E-state index contributed by atoms with van der Waals surface area (Å²) in [6, 6.07) is 0.787. The van der Waals surface area contributed by atoms with Crippen LogP contribution in [0.4, 0.5) is 0 Å². The van der Waals surface area contributed by atoms with Crippen molar-refractivity contribution in [3.05, 3.63) is 0 Å². The molecule has 0 atom stereocenters. The van der Waals surface area contributed by atoms with Crippen LogP contribution < -0.4 is 5.32 Å². The van der Waals surface area contributed by atoms with Gasteiger partial charge in [0.25, 0.3) is 0 Å². The molecule has 2 rings (SSSR count). The van der Waals surface area contributed by atoms with E-state index in [-0.39, 0.29) is 0 Å². The van der Waals surface area contributed by atoms with Crippen LogP contribution in [0.2, 0.25) is 0 Å². The smallest absolute Gasteiger partial charge is 0.00642 e. The van der Waals surface area contributed by atoms with Crippen LogP contribution in [0.25, 0.3) is 0 Å². The Morgan fingerprint density at radius 2 is 1.50 bits per heavy atom. The van der Waals surface area contributed by atoms with Crippen LogP contribution in [0, 0.1) is 11.8 Å². The lowest BCUT2D eigenvalue weighted by atomic mass is 9.85. The zero-order valence-electron chi connectivity index (χ0n) is 13.9. The fourth-order valence-corrected chi connectivity index (χ4v) is 4.08. The van der Waals surface area contributed by atoms with Crippen LogP contribution in [0.15, 0.2) is 0 Å². The van der Waals surface area contributed by atoms with Gasteiger partial charge in [-0.25, -0.2) is 0 Å². The van der Waals surface area contributed by atoms with Gasteiger partial charge in [-0.1, -0.05) is 6.92 Å². The minimum atomic E-state index is 0.787. The normalized spacial score (nSPS) is 30.0. The molecular formula is C17H35N3. The Bertz CT molecular complexity index is 227. The number of piperidine rings is 1. The van der Waals surface area contributed by atoms with E-state index in [4.69, 9.17) is 0 Å². The Morgan fingerprint density at radius 3 is 2.00 bits per heavy atom. The van der Waals surface area contributed by atoms with Crippen molar-refractivity contribution < 1.29 is 0 Å². The van der Waals surface area contributed by atoms with E-state index >= 15 is 0 Å². The van der Waals surface area contributed by atoms with Gasteiger partial charge >= 0.3 is 0 Å². The van der Waals surface area contributed by atoms with Crippen LogP contribution >= 0.6 is 0 Å². The van der Waals surface area contributed by atoms with Crippen LogP contribution in [0.5, 0.6) is 0 Å². The number of nitrogens with one attached hydrogen (secondary N) is 1. The Morgan fingerprint density at radius 1 is 0.950 bits per heavy atom. The van der Waals surface area contributed by atoms with Gasteiger partial charge in [0.15, 0.2) is 0 Å². The summed E-state index contributed by atoms with van der Waals surface area (Å²) in [5.41, 5.74) is 0. The first-order chi connectivity index (χ1) is 9.71. The maximum Gasteiger partial charge on any atom is 0.00642 e. The quantitative estimate of drug-likeness (QED) is 0.807.